The summed E-state index contributed by atoms with van der Waals surface area (Å²) in [7, 11) is -4.09. The first-order valence-corrected chi connectivity index (χ1v) is 12.5. The molecule has 1 atom stereocenters. The number of carbonyl (C=O) groups is 1. The van der Waals surface area contributed by atoms with E-state index in [1.54, 1.807) is 19.1 Å². The largest absolute Gasteiger partial charge is 0.492 e. The molecule has 6 nitrogen and oxygen atoms in total. The first-order chi connectivity index (χ1) is 15.7. The topological polar surface area (TPSA) is 84.5 Å². The summed E-state index contributed by atoms with van der Waals surface area (Å²) in [5.41, 5.74) is 1.12. The Balaban J connectivity index is 1.88. The fourth-order valence-electron chi connectivity index (χ4n) is 3.07. The van der Waals surface area contributed by atoms with Crippen LogP contribution in [0.4, 0.5) is 5.69 Å². The smallest absolute Gasteiger partial charge is 0.242 e. The average Bonchev–Trinajstić information content (AvgIpc) is 2.74. The molecule has 0 aliphatic heterocycles. The highest BCUT2D eigenvalue weighted by molar-refractivity contribution is 7.89. The summed E-state index contributed by atoms with van der Waals surface area (Å²) in [6.45, 7) is 2.18. The van der Waals surface area contributed by atoms with Crippen LogP contribution >= 0.6 is 34.8 Å². The Labute approximate surface area is 207 Å². The number of hydrogen-bond donors (Lipinski definition) is 2. The minimum Gasteiger partial charge on any atom is -0.492 e. The maximum Gasteiger partial charge on any atom is 0.242 e. The number of anilines is 1. The Morgan fingerprint density at radius 3 is 2.24 bits per heavy atom. The van der Waals surface area contributed by atoms with Gasteiger partial charge in [0.15, 0.2) is 0 Å². The molecule has 0 aliphatic rings. The van der Waals surface area contributed by atoms with Gasteiger partial charge in [-0.05, 0) is 55.3 Å². The van der Waals surface area contributed by atoms with E-state index < -0.39 is 22.0 Å². The van der Waals surface area contributed by atoms with Crippen LogP contribution in [0, 0.1) is 0 Å². The predicted octanol–water partition coefficient (Wildman–Crippen LogP) is 5.57. The third-order valence-corrected chi connectivity index (χ3v) is 6.74. The third-order valence-electron chi connectivity index (χ3n) is 4.54. The summed E-state index contributed by atoms with van der Waals surface area (Å²) in [6, 6.07) is 16.6. The molecular weight excluding hydrogens is 507 g/mol. The van der Waals surface area contributed by atoms with Crippen molar-refractivity contribution in [2.75, 3.05) is 11.9 Å². The van der Waals surface area contributed by atoms with E-state index in [1.165, 1.54) is 36.4 Å². The van der Waals surface area contributed by atoms with Gasteiger partial charge in [-0.2, -0.15) is 4.72 Å². The Morgan fingerprint density at radius 2 is 1.64 bits per heavy atom. The molecule has 0 spiro atoms. The lowest BCUT2D eigenvalue weighted by atomic mass is 10.1. The second kappa shape index (κ2) is 11.2. The lowest BCUT2D eigenvalue weighted by molar-refractivity contribution is -0.117. The zero-order chi connectivity index (χ0) is 24.0. The molecule has 0 aliphatic carbocycles. The molecule has 10 heteroatoms. The molecule has 0 radical (unpaired) electrons. The van der Waals surface area contributed by atoms with Crippen molar-refractivity contribution in [1.82, 2.24) is 4.72 Å². The first-order valence-electron chi connectivity index (χ1n) is 9.93. The van der Waals surface area contributed by atoms with Gasteiger partial charge in [0.1, 0.15) is 11.8 Å². The zero-order valence-corrected chi connectivity index (χ0v) is 20.6. The van der Waals surface area contributed by atoms with E-state index in [1.807, 2.05) is 18.2 Å². The number of ether oxygens (including phenoxy) is 1. The van der Waals surface area contributed by atoms with E-state index in [0.717, 1.165) is 5.56 Å². The SMILES string of the molecule is CCOc1ccc(S(=O)(=O)N[C@@H](Cc2ccccc2)C(=O)Nc2cc(Cl)cc(Cl)c2)cc1Cl. The molecule has 3 aromatic rings. The molecule has 1 amide bonds. The summed E-state index contributed by atoms with van der Waals surface area (Å²) in [4.78, 5) is 13.0. The summed E-state index contributed by atoms with van der Waals surface area (Å²) in [6.07, 6.45) is 0.116. The lowest BCUT2D eigenvalue weighted by Gasteiger charge is -2.19. The molecule has 0 heterocycles. The summed E-state index contributed by atoms with van der Waals surface area (Å²) in [5, 5.41) is 3.50. The zero-order valence-electron chi connectivity index (χ0n) is 17.5. The second-order valence-electron chi connectivity index (χ2n) is 7.04. The number of benzene rings is 3. The van der Waals surface area contributed by atoms with E-state index in [4.69, 9.17) is 39.5 Å². The van der Waals surface area contributed by atoms with Gasteiger partial charge >= 0.3 is 0 Å². The average molecular weight is 528 g/mol. The molecule has 3 aromatic carbocycles. The monoisotopic (exact) mass is 526 g/mol. The van der Waals surface area contributed by atoms with Gasteiger partial charge in [-0.3, -0.25) is 4.79 Å². The molecule has 174 valence electrons. The molecule has 0 bridgehead atoms. The molecule has 33 heavy (non-hydrogen) atoms. The van der Waals surface area contributed by atoms with Crippen molar-refractivity contribution >= 4 is 56.4 Å². The number of amides is 1. The van der Waals surface area contributed by atoms with Crippen LogP contribution < -0.4 is 14.8 Å². The summed E-state index contributed by atoms with van der Waals surface area (Å²) in [5.74, 6) is -0.202. The van der Waals surface area contributed by atoms with E-state index in [0.29, 0.717) is 28.1 Å². The maximum atomic E-state index is 13.1. The maximum absolute atomic E-state index is 13.1. The van der Waals surface area contributed by atoms with Gasteiger partial charge in [-0.1, -0.05) is 65.1 Å². The van der Waals surface area contributed by atoms with Gasteiger partial charge in [-0.25, -0.2) is 8.42 Å². The standard InChI is InChI=1S/C23H21Cl3N2O4S/c1-2-32-22-9-8-19(14-20(22)26)33(30,31)28-21(10-15-6-4-3-5-7-15)23(29)27-18-12-16(24)11-17(25)13-18/h3-9,11-14,21,28H,2,10H2,1H3,(H,27,29)/t21-/m0/s1. The van der Waals surface area contributed by atoms with Gasteiger partial charge in [0.05, 0.1) is 16.5 Å². The van der Waals surface area contributed by atoms with Crippen LogP contribution in [0.3, 0.4) is 0 Å². The van der Waals surface area contributed by atoms with Crippen LogP contribution in [0.1, 0.15) is 12.5 Å². The van der Waals surface area contributed by atoms with E-state index in [9.17, 15) is 13.2 Å². The van der Waals surface area contributed by atoms with Crippen molar-refractivity contribution < 1.29 is 17.9 Å². The van der Waals surface area contributed by atoms with Crippen molar-refractivity contribution in [3.63, 3.8) is 0 Å². The van der Waals surface area contributed by atoms with Crippen LogP contribution in [0.25, 0.3) is 0 Å². The molecule has 0 saturated heterocycles. The van der Waals surface area contributed by atoms with Gasteiger partial charge in [-0.15, -0.1) is 0 Å². The van der Waals surface area contributed by atoms with Crippen molar-refractivity contribution in [3.8, 4) is 5.75 Å². The Hall–Kier alpha value is -2.29. The van der Waals surface area contributed by atoms with Crippen LogP contribution in [-0.2, 0) is 21.2 Å². The fourth-order valence-corrected chi connectivity index (χ4v) is 5.12. The van der Waals surface area contributed by atoms with Gasteiger partial charge in [0.25, 0.3) is 0 Å². The molecule has 3 rings (SSSR count). The first kappa shape index (κ1) is 25.3. The lowest BCUT2D eigenvalue weighted by Crippen LogP contribution is -2.45. The normalized spacial score (nSPS) is 12.2. The van der Waals surface area contributed by atoms with Crippen molar-refractivity contribution in [2.45, 2.75) is 24.3 Å². The fraction of sp³-hybridized carbons (Fsp3) is 0.174. The Morgan fingerprint density at radius 1 is 0.970 bits per heavy atom. The highest BCUT2D eigenvalue weighted by atomic mass is 35.5. The number of rotatable bonds is 9. The minimum absolute atomic E-state index is 0.0902. The van der Waals surface area contributed by atoms with Crippen LogP contribution in [0.2, 0.25) is 15.1 Å². The van der Waals surface area contributed by atoms with Crippen LogP contribution in [-0.4, -0.2) is 27.0 Å². The van der Waals surface area contributed by atoms with Crippen LogP contribution in [0.15, 0.2) is 71.6 Å². The molecule has 0 saturated carbocycles. The highest BCUT2D eigenvalue weighted by Crippen LogP contribution is 2.28. The predicted molar refractivity (Wildman–Crippen MR) is 132 cm³/mol. The van der Waals surface area contributed by atoms with Crippen molar-refractivity contribution in [2.24, 2.45) is 0 Å². The molecule has 2 N–H and O–H groups in total. The highest BCUT2D eigenvalue weighted by Gasteiger charge is 2.27. The van der Waals surface area contributed by atoms with Gasteiger partial charge in [0.2, 0.25) is 15.9 Å². The number of sulfonamides is 1. The van der Waals surface area contributed by atoms with E-state index in [-0.39, 0.29) is 16.3 Å². The number of carbonyl (C=O) groups excluding carboxylic acids is 1. The number of halogens is 3. The second-order valence-corrected chi connectivity index (χ2v) is 10.0. The molecular formula is C23H21Cl3N2O4S. The van der Waals surface area contributed by atoms with Crippen LogP contribution in [0.5, 0.6) is 5.75 Å². The van der Waals surface area contributed by atoms with Crippen molar-refractivity contribution in [3.05, 3.63) is 87.4 Å². The molecule has 0 unspecified atom stereocenters. The van der Waals surface area contributed by atoms with Gasteiger partial charge in [0, 0.05) is 15.7 Å². The Bertz CT molecular complexity index is 1220. The van der Waals surface area contributed by atoms with E-state index >= 15 is 0 Å². The number of nitrogens with one attached hydrogen (secondary N) is 2. The molecule has 0 fully saturated rings. The quantitative estimate of drug-likeness (QED) is 0.381. The summed E-state index contributed by atoms with van der Waals surface area (Å²) >= 11 is 18.2. The van der Waals surface area contributed by atoms with E-state index in [2.05, 4.69) is 10.0 Å². The van der Waals surface area contributed by atoms with Crippen molar-refractivity contribution in [1.29, 1.82) is 0 Å². The van der Waals surface area contributed by atoms with Gasteiger partial charge < -0.3 is 10.1 Å². The Kier molecular flexibility index (Phi) is 8.62. The number of hydrogen-bond acceptors (Lipinski definition) is 4. The molecule has 0 aromatic heterocycles. The summed E-state index contributed by atoms with van der Waals surface area (Å²) < 4.78 is 34.0. The third kappa shape index (κ3) is 7.09. The minimum atomic E-state index is -4.09.